The van der Waals surface area contributed by atoms with Gasteiger partial charge in [-0.3, -0.25) is 9.59 Å². The minimum absolute atomic E-state index is 0.0129. The summed E-state index contributed by atoms with van der Waals surface area (Å²) in [6, 6.07) is 12.6. The molecule has 1 unspecified atom stereocenters. The fourth-order valence-corrected chi connectivity index (χ4v) is 4.01. The molecule has 8 heteroatoms. The summed E-state index contributed by atoms with van der Waals surface area (Å²) in [5.74, 6) is -0.762. The van der Waals surface area contributed by atoms with E-state index in [1.165, 1.54) is 24.3 Å². The third-order valence-corrected chi connectivity index (χ3v) is 5.62. The van der Waals surface area contributed by atoms with Crippen molar-refractivity contribution in [3.05, 3.63) is 59.7 Å². The molecule has 2 aromatic rings. The molecule has 27 heavy (non-hydrogen) atoms. The van der Waals surface area contributed by atoms with Crippen molar-refractivity contribution in [1.82, 2.24) is 4.72 Å². The number of hydrogen-bond acceptors (Lipinski definition) is 5. The van der Waals surface area contributed by atoms with E-state index in [1.54, 1.807) is 0 Å². The third kappa shape index (κ3) is 4.93. The number of amides is 1. The van der Waals surface area contributed by atoms with E-state index in [1.807, 2.05) is 31.2 Å². The zero-order chi connectivity index (χ0) is 19.4. The summed E-state index contributed by atoms with van der Waals surface area (Å²) in [7, 11) is -3.84. The highest BCUT2D eigenvalue weighted by Crippen LogP contribution is 2.17. The van der Waals surface area contributed by atoms with Gasteiger partial charge in [0, 0.05) is 12.1 Å². The largest absolute Gasteiger partial charge is 0.464 e. The van der Waals surface area contributed by atoms with E-state index < -0.39 is 22.0 Å². The average Bonchev–Trinajstić information content (AvgIpc) is 2.99. The highest BCUT2D eigenvalue weighted by Gasteiger charge is 2.31. The first-order valence-corrected chi connectivity index (χ1v) is 9.96. The van der Waals surface area contributed by atoms with Crippen molar-refractivity contribution >= 4 is 27.6 Å². The maximum absolute atomic E-state index is 12.3. The fraction of sp³-hybridized carbons (Fsp3) is 0.263. The molecule has 0 bridgehead atoms. The van der Waals surface area contributed by atoms with Crippen LogP contribution < -0.4 is 10.0 Å². The van der Waals surface area contributed by atoms with Crippen LogP contribution in [0.3, 0.4) is 0 Å². The Morgan fingerprint density at radius 1 is 1.19 bits per heavy atom. The van der Waals surface area contributed by atoms with E-state index in [-0.39, 0.29) is 23.8 Å². The van der Waals surface area contributed by atoms with Crippen LogP contribution in [0, 0.1) is 6.92 Å². The van der Waals surface area contributed by atoms with Gasteiger partial charge in [0.1, 0.15) is 6.04 Å². The lowest BCUT2D eigenvalue weighted by Gasteiger charge is -2.11. The van der Waals surface area contributed by atoms with E-state index in [4.69, 9.17) is 4.74 Å². The second kappa shape index (κ2) is 7.89. The van der Waals surface area contributed by atoms with Gasteiger partial charge in [0.25, 0.3) is 0 Å². The number of hydrogen-bond donors (Lipinski definition) is 2. The molecule has 0 saturated carbocycles. The summed E-state index contributed by atoms with van der Waals surface area (Å²) in [5.41, 5.74) is 2.47. The lowest BCUT2D eigenvalue weighted by atomic mass is 10.1. The highest BCUT2D eigenvalue weighted by molar-refractivity contribution is 7.89. The first-order valence-electron chi connectivity index (χ1n) is 8.48. The Labute approximate surface area is 157 Å². The maximum Gasteiger partial charge on any atom is 0.324 e. The molecular weight excluding hydrogens is 368 g/mol. The Balaban J connectivity index is 1.62. The number of carbonyl (C=O) groups excluding carboxylic acids is 2. The van der Waals surface area contributed by atoms with Gasteiger partial charge in [0.2, 0.25) is 15.9 Å². The van der Waals surface area contributed by atoms with Crippen LogP contribution in [-0.2, 0) is 30.8 Å². The zero-order valence-corrected chi connectivity index (χ0v) is 15.6. The SMILES string of the molecule is Cc1cccc(CC(=O)Nc2ccc(S(=O)(=O)NC3CCOC3=O)cc2)c1. The van der Waals surface area contributed by atoms with Crippen molar-refractivity contribution in [2.75, 3.05) is 11.9 Å². The predicted octanol–water partition coefficient (Wildman–Crippen LogP) is 1.77. The molecule has 1 amide bonds. The first kappa shape index (κ1) is 19.1. The number of ether oxygens (including phenoxy) is 1. The van der Waals surface area contributed by atoms with Gasteiger partial charge >= 0.3 is 5.97 Å². The van der Waals surface area contributed by atoms with Gasteiger partial charge in [-0.25, -0.2) is 8.42 Å². The molecule has 3 rings (SSSR count). The molecule has 1 fully saturated rings. The number of cyclic esters (lactones) is 1. The van der Waals surface area contributed by atoms with Crippen molar-refractivity contribution in [2.45, 2.75) is 30.7 Å². The molecule has 0 spiro atoms. The Bertz CT molecular complexity index is 954. The van der Waals surface area contributed by atoms with Gasteiger partial charge < -0.3 is 10.1 Å². The number of anilines is 1. The van der Waals surface area contributed by atoms with Crippen molar-refractivity contribution in [3.8, 4) is 0 Å². The number of rotatable bonds is 6. The second-order valence-corrected chi connectivity index (χ2v) is 8.08. The van der Waals surface area contributed by atoms with Crippen LogP contribution in [-0.4, -0.2) is 32.9 Å². The average molecular weight is 388 g/mol. The predicted molar refractivity (Wildman–Crippen MR) is 99.6 cm³/mol. The van der Waals surface area contributed by atoms with Gasteiger partial charge in [-0.05, 0) is 36.8 Å². The van der Waals surface area contributed by atoms with Crippen molar-refractivity contribution < 1.29 is 22.7 Å². The quantitative estimate of drug-likeness (QED) is 0.735. The van der Waals surface area contributed by atoms with Gasteiger partial charge in [-0.2, -0.15) is 4.72 Å². The summed E-state index contributed by atoms with van der Waals surface area (Å²) < 4.78 is 31.8. The number of nitrogens with one attached hydrogen (secondary N) is 2. The smallest absolute Gasteiger partial charge is 0.324 e. The molecule has 142 valence electrons. The lowest BCUT2D eigenvalue weighted by Crippen LogP contribution is -2.37. The van der Waals surface area contributed by atoms with Gasteiger partial charge in [0.05, 0.1) is 17.9 Å². The van der Waals surface area contributed by atoms with E-state index >= 15 is 0 Å². The number of benzene rings is 2. The van der Waals surface area contributed by atoms with E-state index in [9.17, 15) is 18.0 Å². The Morgan fingerprint density at radius 3 is 2.56 bits per heavy atom. The van der Waals surface area contributed by atoms with Crippen LogP contribution in [0.5, 0.6) is 0 Å². The van der Waals surface area contributed by atoms with Crippen LogP contribution in [0.4, 0.5) is 5.69 Å². The van der Waals surface area contributed by atoms with Crippen LogP contribution >= 0.6 is 0 Å². The van der Waals surface area contributed by atoms with Gasteiger partial charge in [0.15, 0.2) is 0 Å². The first-order chi connectivity index (χ1) is 12.8. The molecule has 0 aromatic heterocycles. The lowest BCUT2D eigenvalue weighted by molar-refractivity contribution is -0.139. The van der Waals surface area contributed by atoms with Crippen LogP contribution in [0.1, 0.15) is 17.5 Å². The molecule has 0 radical (unpaired) electrons. The van der Waals surface area contributed by atoms with Gasteiger partial charge in [-0.1, -0.05) is 29.8 Å². The molecule has 2 N–H and O–H groups in total. The summed E-state index contributed by atoms with van der Waals surface area (Å²) in [5, 5.41) is 2.74. The number of sulfonamides is 1. The van der Waals surface area contributed by atoms with E-state index in [0.29, 0.717) is 12.1 Å². The Hall–Kier alpha value is -2.71. The molecule has 1 aliphatic rings. The molecule has 7 nitrogen and oxygen atoms in total. The van der Waals surface area contributed by atoms with Gasteiger partial charge in [-0.15, -0.1) is 0 Å². The summed E-state index contributed by atoms with van der Waals surface area (Å²) in [6.07, 6.45) is 0.540. The number of aryl methyl sites for hydroxylation is 1. The zero-order valence-electron chi connectivity index (χ0n) is 14.8. The minimum Gasteiger partial charge on any atom is -0.464 e. The molecule has 1 aliphatic heterocycles. The molecule has 1 saturated heterocycles. The number of carbonyl (C=O) groups is 2. The van der Waals surface area contributed by atoms with Crippen LogP contribution in [0.15, 0.2) is 53.4 Å². The fourth-order valence-electron chi connectivity index (χ4n) is 2.79. The molecule has 1 heterocycles. The highest BCUT2D eigenvalue weighted by atomic mass is 32.2. The van der Waals surface area contributed by atoms with E-state index in [2.05, 4.69) is 10.0 Å². The maximum atomic E-state index is 12.3. The molecule has 0 aliphatic carbocycles. The molecule has 2 aromatic carbocycles. The van der Waals surface area contributed by atoms with E-state index in [0.717, 1.165) is 11.1 Å². The van der Waals surface area contributed by atoms with Crippen molar-refractivity contribution in [1.29, 1.82) is 0 Å². The number of esters is 1. The topological polar surface area (TPSA) is 102 Å². The summed E-state index contributed by atoms with van der Waals surface area (Å²) in [4.78, 5) is 23.6. The summed E-state index contributed by atoms with van der Waals surface area (Å²) >= 11 is 0. The minimum atomic E-state index is -3.84. The third-order valence-electron chi connectivity index (χ3n) is 4.13. The van der Waals surface area contributed by atoms with Crippen molar-refractivity contribution in [3.63, 3.8) is 0 Å². The monoisotopic (exact) mass is 388 g/mol. The Morgan fingerprint density at radius 2 is 1.93 bits per heavy atom. The molecular formula is C19H20N2O5S. The summed E-state index contributed by atoms with van der Waals surface area (Å²) in [6.45, 7) is 2.16. The van der Waals surface area contributed by atoms with Crippen LogP contribution in [0.25, 0.3) is 0 Å². The normalized spacial score (nSPS) is 16.8. The van der Waals surface area contributed by atoms with Crippen molar-refractivity contribution in [2.24, 2.45) is 0 Å². The van der Waals surface area contributed by atoms with Crippen LogP contribution in [0.2, 0.25) is 0 Å². The standard InChI is InChI=1S/C19H20N2O5S/c1-13-3-2-4-14(11-13)12-18(22)20-15-5-7-16(8-6-15)27(24,25)21-17-9-10-26-19(17)23/h2-8,11,17,21H,9-10,12H2,1H3,(H,20,22). The Kier molecular flexibility index (Phi) is 5.57. The molecule has 1 atom stereocenters. The second-order valence-electron chi connectivity index (χ2n) is 6.37.